The molecule has 9 heteroatoms. The van der Waals surface area contributed by atoms with Gasteiger partial charge in [0.05, 0.1) is 17.9 Å². The van der Waals surface area contributed by atoms with E-state index >= 15 is 0 Å². The molecule has 0 unspecified atom stereocenters. The first-order valence-electron chi connectivity index (χ1n) is 8.87. The molecule has 0 saturated heterocycles. The van der Waals surface area contributed by atoms with Crippen molar-refractivity contribution in [3.63, 3.8) is 0 Å². The molecule has 0 aliphatic rings. The van der Waals surface area contributed by atoms with Crippen LogP contribution in [0.5, 0.6) is 0 Å². The summed E-state index contributed by atoms with van der Waals surface area (Å²) in [6.07, 6.45) is 4.40. The predicted molar refractivity (Wildman–Crippen MR) is 113 cm³/mol. The molecule has 0 spiro atoms. The lowest BCUT2D eigenvalue weighted by Gasteiger charge is -2.04. The molecule has 0 bridgehead atoms. The van der Waals surface area contributed by atoms with Crippen molar-refractivity contribution in [2.24, 2.45) is 0 Å². The van der Waals surface area contributed by atoms with E-state index in [4.69, 9.17) is 0 Å². The fourth-order valence-electron chi connectivity index (χ4n) is 2.42. The quantitative estimate of drug-likeness (QED) is 0.509. The van der Waals surface area contributed by atoms with Crippen molar-refractivity contribution >= 4 is 40.6 Å². The highest BCUT2D eigenvalue weighted by molar-refractivity contribution is 8.01. The number of anilines is 1. The SMILES string of the molecule is O=C(Cc1csc(SCC(=O)Nc2ccc(F)cc2)n1)NCCc1ccncc1. The molecule has 2 N–H and O–H groups in total. The fraction of sp³-hybridized carbons (Fsp3) is 0.200. The van der Waals surface area contributed by atoms with Gasteiger partial charge in [-0.2, -0.15) is 0 Å². The minimum Gasteiger partial charge on any atom is -0.355 e. The van der Waals surface area contributed by atoms with Crippen LogP contribution in [0.3, 0.4) is 0 Å². The topological polar surface area (TPSA) is 84.0 Å². The zero-order chi connectivity index (χ0) is 20.5. The molecule has 2 heterocycles. The van der Waals surface area contributed by atoms with Crippen LogP contribution in [0.15, 0.2) is 58.5 Å². The van der Waals surface area contributed by atoms with E-state index in [1.54, 1.807) is 12.4 Å². The Morgan fingerprint density at radius 2 is 1.83 bits per heavy atom. The van der Waals surface area contributed by atoms with Crippen LogP contribution in [0, 0.1) is 5.82 Å². The Hall–Kier alpha value is -2.78. The van der Waals surface area contributed by atoms with E-state index in [0.29, 0.717) is 17.9 Å². The molecule has 0 aliphatic heterocycles. The number of halogens is 1. The Morgan fingerprint density at radius 1 is 1.07 bits per heavy atom. The number of nitrogens with zero attached hydrogens (tertiary/aromatic N) is 2. The van der Waals surface area contributed by atoms with Gasteiger partial charge < -0.3 is 10.6 Å². The molecule has 2 aromatic heterocycles. The highest BCUT2D eigenvalue weighted by Gasteiger charge is 2.10. The van der Waals surface area contributed by atoms with Crippen LogP contribution in [0.2, 0.25) is 0 Å². The molecular formula is C20H19FN4O2S2. The Kier molecular flexibility index (Phi) is 7.71. The lowest BCUT2D eigenvalue weighted by atomic mass is 10.2. The zero-order valence-electron chi connectivity index (χ0n) is 15.4. The molecule has 0 saturated carbocycles. The van der Waals surface area contributed by atoms with Gasteiger partial charge in [0.1, 0.15) is 5.82 Å². The summed E-state index contributed by atoms with van der Waals surface area (Å²) in [5, 5.41) is 7.40. The lowest BCUT2D eigenvalue weighted by Crippen LogP contribution is -2.27. The normalized spacial score (nSPS) is 10.5. The number of thiazole rings is 1. The van der Waals surface area contributed by atoms with Gasteiger partial charge in [-0.1, -0.05) is 11.8 Å². The number of carbonyl (C=O) groups excluding carboxylic acids is 2. The van der Waals surface area contributed by atoms with Crippen LogP contribution >= 0.6 is 23.1 Å². The third kappa shape index (κ3) is 7.28. The third-order valence-corrected chi connectivity index (χ3v) is 5.88. The third-order valence-electron chi connectivity index (χ3n) is 3.81. The van der Waals surface area contributed by atoms with Crippen LogP contribution < -0.4 is 10.6 Å². The highest BCUT2D eigenvalue weighted by atomic mass is 32.2. The van der Waals surface area contributed by atoms with E-state index in [0.717, 1.165) is 16.3 Å². The number of benzene rings is 1. The second-order valence-corrected chi connectivity index (χ2v) is 8.16. The first-order valence-corrected chi connectivity index (χ1v) is 10.7. The van der Waals surface area contributed by atoms with Gasteiger partial charge in [0.2, 0.25) is 11.8 Å². The van der Waals surface area contributed by atoms with E-state index in [1.165, 1.54) is 47.4 Å². The van der Waals surface area contributed by atoms with Crippen molar-refractivity contribution in [1.29, 1.82) is 0 Å². The van der Waals surface area contributed by atoms with Crippen molar-refractivity contribution in [2.75, 3.05) is 17.6 Å². The molecule has 3 rings (SSSR count). The standard InChI is InChI=1S/C20H19FN4O2S2/c21-15-1-3-16(4-2-15)24-19(27)13-29-20-25-17(12-28-20)11-18(26)23-10-7-14-5-8-22-9-6-14/h1-6,8-9,12H,7,10-11,13H2,(H,23,26)(H,24,27). The van der Waals surface area contributed by atoms with Crippen molar-refractivity contribution in [3.05, 3.63) is 71.2 Å². The second kappa shape index (κ2) is 10.7. The summed E-state index contributed by atoms with van der Waals surface area (Å²) in [5.74, 6) is -0.459. The van der Waals surface area contributed by atoms with Gasteiger partial charge >= 0.3 is 0 Å². The van der Waals surface area contributed by atoms with Crippen molar-refractivity contribution in [3.8, 4) is 0 Å². The average Bonchev–Trinajstić information content (AvgIpc) is 3.16. The molecule has 0 atom stereocenters. The maximum atomic E-state index is 12.9. The number of rotatable bonds is 9. The Bertz CT molecular complexity index is 949. The fourth-order valence-corrected chi connectivity index (χ4v) is 4.06. The summed E-state index contributed by atoms with van der Waals surface area (Å²) < 4.78 is 13.6. The van der Waals surface area contributed by atoms with Gasteiger partial charge in [0.25, 0.3) is 0 Å². The minimum absolute atomic E-state index is 0.0880. The number of aromatic nitrogens is 2. The Balaban J connectivity index is 1.37. The van der Waals surface area contributed by atoms with E-state index in [9.17, 15) is 14.0 Å². The smallest absolute Gasteiger partial charge is 0.234 e. The first kappa shape index (κ1) is 20.9. The summed E-state index contributed by atoms with van der Waals surface area (Å²) in [4.78, 5) is 32.4. The summed E-state index contributed by atoms with van der Waals surface area (Å²) in [5.41, 5.74) is 2.34. The van der Waals surface area contributed by atoms with Crippen molar-refractivity contribution in [2.45, 2.75) is 17.2 Å². The van der Waals surface area contributed by atoms with E-state index in [1.807, 2.05) is 17.5 Å². The first-order chi connectivity index (χ1) is 14.1. The van der Waals surface area contributed by atoms with Crippen LogP contribution in [0.25, 0.3) is 0 Å². The minimum atomic E-state index is -0.353. The van der Waals surface area contributed by atoms with Crippen molar-refractivity contribution in [1.82, 2.24) is 15.3 Å². The van der Waals surface area contributed by atoms with Gasteiger partial charge in [0, 0.05) is 30.0 Å². The Morgan fingerprint density at radius 3 is 2.59 bits per heavy atom. The van der Waals surface area contributed by atoms with Crippen molar-refractivity contribution < 1.29 is 14.0 Å². The summed E-state index contributed by atoms with van der Waals surface area (Å²) in [7, 11) is 0. The number of hydrogen-bond acceptors (Lipinski definition) is 6. The van der Waals surface area contributed by atoms with Crippen LogP contribution in [0.1, 0.15) is 11.3 Å². The average molecular weight is 431 g/mol. The van der Waals surface area contributed by atoms with Crippen LogP contribution in [-0.2, 0) is 22.4 Å². The summed E-state index contributed by atoms with van der Waals surface area (Å²) in [6, 6.07) is 9.43. The van der Waals surface area contributed by atoms with Crippen LogP contribution in [0.4, 0.5) is 10.1 Å². The number of carbonyl (C=O) groups is 2. The monoisotopic (exact) mass is 430 g/mol. The van der Waals surface area contributed by atoms with Gasteiger partial charge in [0.15, 0.2) is 4.34 Å². The van der Waals surface area contributed by atoms with Gasteiger partial charge in [-0.3, -0.25) is 14.6 Å². The number of hydrogen-bond donors (Lipinski definition) is 2. The number of amides is 2. The number of pyridine rings is 1. The van der Waals surface area contributed by atoms with E-state index in [-0.39, 0.29) is 29.8 Å². The maximum Gasteiger partial charge on any atom is 0.234 e. The Labute approximate surface area is 176 Å². The second-order valence-electron chi connectivity index (χ2n) is 6.08. The number of nitrogens with one attached hydrogen (secondary N) is 2. The largest absolute Gasteiger partial charge is 0.355 e. The molecule has 0 fully saturated rings. The van der Waals surface area contributed by atoms with E-state index in [2.05, 4.69) is 20.6 Å². The van der Waals surface area contributed by atoms with Gasteiger partial charge in [-0.05, 0) is 48.4 Å². The maximum absolute atomic E-state index is 12.9. The van der Waals surface area contributed by atoms with Gasteiger partial charge in [-0.25, -0.2) is 9.37 Å². The van der Waals surface area contributed by atoms with Gasteiger partial charge in [-0.15, -0.1) is 11.3 Å². The zero-order valence-corrected chi connectivity index (χ0v) is 17.1. The van der Waals surface area contributed by atoms with E-state index < -0.39 is 0 Å². The molecule has 1 aromatic carbocycles. The number of thioether (sulfide) groups is 1. The molecule has 3 aromatic rings. The molecule has 29 heavy (non-hydrogen) atoms. The molecular weight excluding hydrogens is 411 g/mol. The molecule has 6 nitrogen and oxygen atoms in total. The summed E-state index contributed by atoms with van der Waals surface area (Å²) in [6.45, 7) is 0.554. The summed E-state index contributed by atoms with van der Waals surface area (Å²) >= 11 is 2.70. The molecule has 0 aliphatic carbocycles. The van der Waals surface area contributed by atoms with Crippen LogP contribution in [-0.4, -0.2) is 34.1 Å². The molecule has 2 amide bonds. The molecule has 0 radical (unpaired) electrons. The predicted octanol–water partition coefficient (Wildman–Crippen LogP) is 3.31. The lowest BCUT2D eigenvalue weighted by molar-refractivity contribution is -0.120. The highest BCUT2D eigenvalue weighted by Crippen LogP contribution is 2.23. The molecule has 150 valence electrons.